The van der Waals surface area contributed by atoms with Gasteiger partial charge in [-0.05, 0) is 35.8 Å². The second-order valence-electron chi connectivity index (χ2n) is 23.0. The monoisotopic (exact) mass is 727 g/mol. The van der Waals surface area contributed by atoms with Crippen molar-refractivity contribution in [2.45, 2.75) is 198 Å². The molecule has 1 aromatic carbocycles. The van der Waals surface area contributed by atoms with E-state index in [1.807, 2.05) is 0 Å². The topological polar surface area (TPSA) is 12.4 Å². The lowest BCUT2D eigenvalue weighted by Crippen LogP contribution is -3.02. The standard InChI is InChI=1S/C39H77NSi6/c1-33(2,3)42(19,20)32-41(44(23,35(7,8)9)36(10,11)12)39(43(21,22)34(4,5)6)31(30-28-26-25-27-29-30)40-46(32,39)45(24,37(13,14)15)38(16,17)18/h25-29H,1-24H3. The Morgan fingerprint density at radius 2 is 0.935 bits per heavy atom. The average molecular weight is 729 g/mol. The molecule has 1 aromatic rings. The Morgan fingerprint density at radius 1 is 0.543 bits per heavy atom. The van der Waals surface area contributed by atoms with Crippen LogP contribution in [0.15, 0.2) is 35.0 Å². The largest absolute Gasteiger partial charge is 0.323 e. The van der Waals surface area contributed by atoms with Crippen LogP contribution in [0.4, 0.5) is 0 Å². The Hall–Kier alpha value is 0.0613. The van der Waals surface area contributed by atoms with Crippen LogP contribution in [0, 0.1) is 0 Å². The third-order valence-electron chi connectivity index (χ3n) is 15.7. The molecule has 0 radical (unpaired) electrons. The molecule has 0 saturated carbocycles. The molecule has 1 nitrogen and oxygen atoms in total. The van der Waals surface area contributed by atoms with Gasteiger partial charge in [-0.2, -0.15) is 0 Å². The van der Waals surface area contributed by atoms with Gasteiger partial charge in [-0.25, -0.2) is 0 Å². The maximum atomic E-state index is 6.63. The fraction of sp³-hybridized carbons (Fsp3) is 0.795. The zero-order chi connectivity index (χ0) is 36.6. The Morgan fingerprint density at radius 3 is 1.24 bits per heavy atom. The lowest BCUT2D eigenvalue weighted by atomic mass is 10.1. The molecule has 0 fully saturated rings. The van der Waals surface area contributed by atoms with E-state index in [4.69, 9.17) is 4.66 Å². The first kappa shape index (κ1) is 40.5. The molecular weight excluding hydrogens is 651 g/mol. The summed E-state index contributed by atoms with van der Waals surface area (Å²) < 4.78 is 9.20. The van der Waals surface area contributed by atoms with Crippen LogP contribution in [0.2, 0.25) is 73.8 Å². The summed E-state index contributed by atoms with van der Waals surface area (Å²) in [5.41, 5.74) is 3.08. The summed E-state index contributed by atoms with van der Waals surface area (Å²) in [5.74, 6) is 0. The van der Waals surface area contributed by atoms with Crippen LogP contribution >= 0.6 is 0 Å². The predicted molar refractivity (Wildman–Crippen MR) is 229 cm³/mol. The Labute approximate surface area is 294 Å². The molecular formula is C39H77NSi6. The van der Waals surface area contributed by atoms with Gasteiger partial charge in [-0.1, -0.05) is 199 Å². The summed E-state index contributed by atoms with van der Waals surface area (Å²) in [7, 11) is -11.7. The van der Waals surface area contributed by atoms with Crippen LogP contribution in [0.1, 0.15) is 130 Å². The Kier molecular flexibility index (Phi) is 9.49. The highest BCUT2D eigenvalue weighted by molar-refractivity contribution is 7.82. The van der Waals surface area contributed by atoms with Gasteiger partial charge in [0.25, 0.3) is 0 Å². The molecule has 0 bridgehead atoms. The van der Waals surface area contributed by atoms with Gasteiger partial charge in [0, 0.05) is 17.9 Å². The van der Waals surface area contributed by atoms with Gasteiger partial charge in [0.05, 0.1) is 31.3 Å². The molecule has 262 valence electrons. The van der Waals surface area contributed by atoms with Gasteiger partial charge < -0.3 is 4.66 Å². The van der Waals surface area contributed by atoms with Gasteiger partial charge >= 0.3 is 0 Å². The molecule has 0 aliphatic carbocycles. The zero-order valence-corrected chi connectivity index (χ0v) is 41.3. The molecule has 2 heterocycles. The summed E-state index contributed by atoms with van der Waals surface area (Å²) >= 11 is 0. The van der Waals surface area contributed by atoms with Crippen molar-refractivity contribution in [1.29, 1.82) is 0 Å². The summed E-state index contributed by atoms with van der Waals surface area (Å²) in [6.45, 7) is 65.2. The Balaban J connectivity index is 3.00. The van der Waals surface area contributed by atoms with Crippen molar-refractivity contribution in [2.75, 3.05) is 0 Å². The molecule has 2 aliphatic rings. The normalized spacial score (nSPS) is 24.3. The molecule has 7 heteroatoms. The van der Waals surface area contributed by atoms with E-state index in [-0.39, 0.29) is 15.1 Å². The quantitative estimate of drug-likeness (QED) is 0.268. The van der Waals surface area contributed by atoms with Crippen molar-refractivity contribution in [3.8, 4) is 0 Å². The maximum absolute atomic E-state index is 6.63. The van der Waals surface area contributed by atoms with Crippen molar-refractivity contribution < 1.29 is 0 Å². The van der Waals surface area contributed by atoms with Crippen molar-refractivity contribution in [1.82, 2.24) is 0 Å². The summed E-state index contributed by atoms with van der Waals surface area (Å²) in [6.07, 6.45) is 0. The summed E-state index contributed by atoms with van der Waals surface area (Å²) in [6, 6.07) is 11.7. The number of hydrogen-bond acceptors (Lipinski definition) is 1. The highest BCUT2D eigenvalue weighted by Crippen LogP contribution is 2.78. The van der Waals surface area contributed by atoms with Crippen LogP contribution in [0.3, 0.4) is 0 Å². The van der Waals surface area contributed by atoms with E-state index in [0.29, 0.717) is 19.4 Å². The van der Waals surface area contributed by atoms with Crippen LogP contribution in [0.25, 0.3) is 0 Å². The fourth-order valence-electron chi connectivity index (χ4n) is 10.4. The van der Waals surface area contributed by atoms with Crippen molar-refractivity contribution in [3.63, 3.8) is 0 Å². The third-order valence-corrected chi connectivity index (χ3v) is 86.4. The number of hydrogen-bond donors (Lipinski definition) is 0. The molecule has 2 atom stereocenters. The maximum Gasteiger partial charge on any atom is 0.198 e. The summed E-state index contributed by atoms with van der Waals surface area (Å²) in [5, 5.41) is 1.65. The lowest BCUT2D eigenvalue weighted by Gasteiger charge is -2.83. The molecule has 2 aliphatic heterocycles. The fourth-order valence-corrected chi connectivity index (χ4v) is 109. The van der Waals surface area contributed by atoms with E-state index in [1.54, 1.807) is 5.71 Å². The van der Waals surface area contributed by atoms with Gasteiger partial charge in [-0.3, -0.25) is 0 Å². The van der Waals surface area contributed by atoms with Crippen molar-refractivity contribution in [2.24, 2.45) is 4.66 Å². The van der Waals surface area contributed by atoms with Crippen LogP contribution < -0.4 is 0 Å². The molecule has 0 saturated heterocycles. The lowest BCUT2D eigenvalue weighted by molar-refractivity contribution is 0.628. The number of benzene rings is 1. The van der Waals surface area contributed by atoms with E-state index in [2.05, 4.69) is 199 Å². The molecule has 0 spiro atoms. The number of nitrogens with zero attached hydrogens (tertiary/aromatic N) is 1. The minimum Gasteiger partial charge on any atom is -0.323 e. The van der Waals surface area contributed by atoms with Crippen LogP contribution in [0.5, 0.6) is 0 Å². The summed E-state index contributed by atoms with van der Waals surface area (Å²) in [4.78, 5) is 0. The second kappa shape index (κ2) is 10.8. The van der Waals surface area contributed by atoms with Crippen molar-refractivity contribution in [3.05, 3.63) is 35.9 Å². The van der Waals surface area contributed by atoms with Crippen molar-refractivity contribution >= 4 is 57.1 Å². The molecule has 0 N–H and O–H groups in total. The van der Waals surface area contributed by atoms with Gasteiger partial charge in [0.2, 0.25) is 0 Å². The highest BCUT2D eigenvalue weighted by atomic mass is 29.3. The molecule has 0 aromatic heterocycles. The van der Waals surface area contributed by atoms with Gasteiger partial charge in [-0.15, -0.1) is 0 Å². The molecule has 3 rings (SSSR count). The van der Waals surface area contributed by atoms with E-state index in [9.17, 15) is 0 Å². The zero-order valence-electron chi connectivity index (χ0n) is 35.3. The van der Waals surface area contributed by atoms with E-state index >= 15 is 0 Å². The van der Waals surface area contributed by atoms with E-state index in [0.717, 1.165) is 0 Å². The molecule has 0 amide bonds. The average Bonchev–Trinajstić information content (AvgIpc) is 2.79. The first-order valence-corrected chi connectivity index (χ1v) is 34.8. The first-order valence-electron chi connectivity index (χ1n) is 18.4. The minimum atomic E-state index is -2.44. The minimum absolute atomic E-state index is 0.249. The smallest absolute Gasteiger partial charge is 0.198 e. The second-order valence-corrected chi connectivity index (χ2v) is 61.9. The Bertz CT molecular complexity index is 1380. The highest BCUT2D eigenvalue weighted by Gasteiger charge is 2.91. The van der Waals surface area contributed by atoms with Gasteiger partial charge in [0.15, 0.2) is 7.75 Å². The van der Waals surface area contributed by atoms with E-state index in [1.165, 1.54) is 5.56 Å². The first-order chi connectivity index (χ1) is 19.9. The van der Waals surface area contributed by atoms with Gasteiger partial charge in [0.1, 0.15) is 0 Å². The van der Waals surface area contributed by atoms with E-state index < -0.39 is 47.0 Å². The SMILES string of the molecule is CC(C)(C)[Si](C)(C)C1=[Si]([Si](C)(C(C)(C)C)C(C)(C)C)C2([Si](C)(C)C(C)(C)C)C(c3ccccc3)=N[Si]12[Si](C)(C(C)(C)C)C(C)(C)C. The van der Waals surface area contributed by atoms with Crippen LogP contribution in [-0.4, -0.2) is 57.1 Å². The molecule has 46 heavy (non-hydrogen) atoms. The number of rotatable bonds is 5. The predicted octanol–water partition coefficient (Wildman–Crippen LogP) is 13.1. The third kappa shape index (κ3) is 4.68. The van der Waals surface area contributed by atoms with Crippen LogP contribution in [-0.2, 0) is 0 Å². The molecule has 2 unspecified atom stereocenters. The number of fused-ring (bicyclic) bond motifs is 1.